The molecule has 21 heavy (non-hydrogen) atoms. The van der Waals surface area contributed by atoms with Gasteiger partial charge in [0.2, 0.25) is 0 Å². The largest absolute Gasteiger partial charge is 0.325 e. The highest BCUT2D eigenvalue weighted by Crippen LogP contribution is 2.23. The minimum absolute atomic E-state index is 0.430. The second-order valence-corrected chi connectivity index (χ2v) is 6.55. The number of hydrogen-bond donors (Lipinski definition) is 0. The Balaban J connectivity index is 1.89. The van der Waals surface area contributed by atoms with Gasteiger partial charge in [0.15, 0.2) is 0 Å². The molecule has 1 aliphatic rings. The smallest absolute Gasteiger partial charge is 0.124 e. The lowest BCUT2D eigenvalue weighted by Crippen LogP contribution is -2.40. The van der Waals surface area contributed by atoms with Crippen LogP contribution in [0.5, 0.6) is 0 Å². The van der Waals surface area contributed by atoms with Gasteiger partial charge in [-0.25, -0.2) is 4.98 Å². The van der Waals surface area contributed by atoms with Crippen molar-refractivity contribution < 1.29 is 0 Å². The molecule has 0 radical (unpaired) electrons. The first kappa shape index (κ1) is 15.1. The summed E-state index contributed by atoms with van der Waals surface area (Å²) in [6.45, 7) is 5.61. The summed E-state index contributed by atoms with van der Waals surface area (Å²) in [6.07, 6.45) is 3.98. The molecule has 1 aliphatic heterocycles. The minimum Gasteiger partial charge on any atom is -0.325 e. The number of halogens is 2. The van der Waals surface area contributed by atoms with Crippen molar-refractivity contribution in [3.8, 4) is 0 Å². The third-order valence-corrected chi connectivity index (χ3v) is 4.84. The SMILES string of the molecule is CC(Cn1c(CCl)nc2ccc(Cl)cc21)N1CCCCC1. The van der Waals surface area contributed by atoms with E-state index in [0.717, 1.165) is 28.4 Å². The van der Waals surface area contributed by atoms with E-state index < -0.39 is 0 Å². The summed E-state index contributed by atoms with van der Waals surface area (Å²) in [7, 11) is 0. The molecule has 1 unspecified atom stereocenters. The Bertz CT molecular complexity index is 617. The van der Waals surface area contributed by atoms with Gasteiger partial charge in [0.1, 0.15) is 5.82 Å². The average molecular weight is 326 g/mol. The third-order valence-electron chi connectivity index (χ3n) is 4.37. The lowest BCUT2D eigenvalue weighted by atomic mass is 10.1. The second kappa shape index (κ2) is 6.55. The number of nitrogens with zero attached hydrogens (tertiary/aromatic N) is 3. The molecule has 3 nitrogen and oxygen atoms in total. The Kier molecular flexibility index (Phi) is 4.72. The zero-order valence-electron chi connectivity index (χ0n) is 12.4. The van der Waals surface area contributed by atoms with Gasteiger partial charge in [-0.1, -0.05) is 18.0 Å². The fourth-order valence-corrected chi connectivity index (χ4v) is 3.56. The first-order valence-corrected chi connectivity index (χ1v) is 8.55. The molecule has 2 aromatic rings. The van der Waals surface area contributed by atoms with E-state index in [0.29, 0.717) is 11.9 Å². The minimum atomic E-state index is 0.430. The van der Waals surface area contributed by atoms with E-state index in [2.05, 4.69) is 21.4 Å². The topological polar surface area (TPSA) is 21.1 Å². The highest BCUT2D eigenvalue weighted by atomic mass is 35.5. The Morgan fingerprint density at radius 3 is 2.71 bits per heavy atom. The maximum absolute atomic E-state index is 6.14. The first-order valence-electron chi connectivity index (χ1n) is 7.63. The molecular weight excluding hydrogens is 305 g/mol. The molecule has 0 saturated carbocycles. The van der Waals surface area contributed by atoms with Gasteiger partial charge in [-0.2, -0.15) is 0 Å². The molecule has 2 heterocycles. The summed E-state index contributed by atoms with van der Waals surface area (Å²) >= 11 is 12.2. The summed E-state index contributed by atoms with van der Waals surface area (Å²) in [5.41, 5.74) is 2.06. The van der Waals surface area contributed by atoms with E-state index in [9.17, 15) is 0 Å². The lowest BCUT2D eigenvalue weighted by Gasteiger charge is -2.32. The van der Waals surface area contributed by atoms with E-state index >= 15 is 0 Å². The predicted molar refractivity (Wildman–Crippen MR) is 89.2 cm³/mol. The molecule has 3 rings (SSSR count). The van der Waals surface area contributed by atoms with Gasteiger partial charge in [-0.15, -0.1) is 11.6 Å². The summed E-state index contributed by atoms with van der Waals surface area (Å²) in [5, 5.41) is 0.746. The van der Waals surface area contributed by atoms with Gasteiger partial charge < -0.3 is 4.57 Å². The number of alkyl halides is 1. The summed E-state index contributed by atoms with van der Waals surface area (Å²) < 4.78 is 2.23. The number of rotatable bonds is 4. The Morgan fingerprint density at radius 2 is 2.00 bits per heavy atom. The van der Waals surface area contributed by atoms with Crippen molar-refractivity contribution >= 4 is 34.2 Å². The summed E-state index contributed by atoms with van der Waals surface area (Å²) in [4.78, 5) is 7.19. The number of piperidine rings is 1. The monoisotopic (exact) mass is 325 g/mol. The second-order valence-electron chi connectivity index (χ2n) is 5.85. The zero-order valence-corrected chi connectivity index (χ0v) is 13.9. The summed E-state index contributed by atoms with van der Waals surface area (Å²) in [5.74, 6) is 1.36. The predicted octanol–water partition coefficient (Wildman–Crippen LogP) is 4.30. The fraction of sp³-hybridized carbons (Fsp3) is 0.562. The van der Waals surface area contributed by atoms with E-state index in [1.165, 1.54) is 32.4 Å². The number of benzene rings is 1. The zero-order chi connectivity index (χ0) is 14.8. The van der Waals surface area contributed by atoms with Gasteiger partial charge >= 0.3 is 0 Å². The molecule has 1 aromatic carbocycles. The number of imidazole rings is 1. The highest BCUT2D eigenvalue weighted by Gasteiger charge is 2.19. The number of hydrogen-bond acceptors (Lipinski definition) is 2. The average Bonchev–Trinajstić information content (AvgIpc) is 2.85. The van der Waals surface area contributed by atoms with Crippen LogP contribution in [-0.4, -0.2) is 33.6 Å². The molecule has 0 amide bonds. The van der Waals surface area contributed by atoms with Crippen LogP contribution in [0.15, 0.2) is 18.2 Å². The van der Waals surface area contributed by atoms with Crippen LogP contribution in [0.1, 0.15) is 32.0 Å². The third kappa shape index (κ3) is 3.20. The lowest BCUT2D eigenvalue weighted by molar-refractivity contribution is 0.160. The molecule has 0 N–H and O–H groups in total. The molecule has 0 spiro atoms. The van der Waals surface area contributed by atoms with Crippen molar-refractivity contribution in [3.05, 3.63) is 29.0 Å². The van der Waals surface area contributed by atoms with E-state index in [-0.39, 0.29) is 0 Å². The van der Waals surface area contributed by atoms with E-state index in [4.69, 9.17) is 23.2 Å². The van der Waals surface area contributed by atoms with Crippen molar-refractivity contribution in [2.75, 3.05) is 13.1 Å². The molecule has 0 bridgehead atoms. The Morgan fingerprint density at radius 1 is 1.24 bits per heavy atom. The van der Waals surface area contributed by atoms with Gasteiger partial charge in [0.25, 0.3) is 0 Å². The van der Waals surface area contributed by atoms with Crippen LogP contribution in [0.3, 0.4) is 0 Å². The standard InChI is InChI=1S/C16H21Cl2N3/c1-12(20-7-3-2-4-8-20)11-21-15-9-13(18)5-6-14(15)19-16(21)10-17/h5-6,9,12H,2-4,7-8,10-11H2,1H3. The molecule has 1 saturated heterocycles. The maximum atomic E-state index is 6.14. The Labute approximate surface area is 135 Å². The molecular formula is C16H21Cl2N3. The van der Waals surface area contributed by atoms with Crippen molar-refractivity contribution in [2.45, 2.75) is 44.7 Å². The van der Waals surface area contributed by atoms with Gasteiger partial charge in [-0.3, -0.25) is 4.90 Å². The fourth-order valence-electron chi connectivity index (χ4n) is 3.19. The van der Waals surface area contributed by atoms with E-state index in [1.54, 1.807) is 0 Å². The van der Waals surface area contributed by atoms with Gasteiger partial charge in [-0.05, 0) is 51.1 Å². The molecule has 114 valence electrons. The van der Waals surface area contributed by atoms with Crippen molar-refractivity contribution in [1.29, 1.82) is 0 Å². The van der Waals surface area contributed by atoms with Crippen molar-refractivity contribution in [2.24, 2.45) is 0 Å². The summed E-state index contributed by atoms with van der Waals surface area (Å²) in [6, 6.07) is 6.33. The highest BCUT2D eigenvalue weighted by molar-refractivity contribution is 6.31. The van der Waals surface area contributed by atoms with Crippen LogP contribution >= 0.6 is 23.2 Å². The number of likely N-dealkylation sites (tertiary alicyclic amines) is 1. The number of aromatic nitrogens is 2. The number of fused-ring (bicyclic) bond motifs is 1. The van der Waals surface area contributed by atoms with Crippen LogP contribution in [0.2, 0.25) is 5.02 Å². The maximum Gasteiger partial charge on any atom is 0.124 e. The van der Waals surface area contributed by atoms with E-state index in [1.807, 2.05) is 18.2 Å². The molecule has 1 atom stereocenters. The van der Waals surface area contributed by atoms with Crippen LogP contribution < -0.4 is 0 Å². The first-order chi connectivity index (χ1) is 10.2. The molecule has 5 heteroatoms. The van der Waals surface area contributed by atoms with Crippen LogP contribution in [0.4, 0.5) is 0 Å². The van der Waals surface area contributed by atoms with Crippen LogP contribution in [0.25, 0.3) is 11.0 Å². The van der Waals surface area contributed by atoms with Gasteiger partial charge in [0.05, 0.1) is 16.9 Å². The van der Waals surface area contributed by atoms with Crippen LogP contribution in [-0.2, 0) is 12.4 Å². The normalized spacial score (nSPS) is 18.2. The van der Waals surface area contributed by atoms with Gasteiger partial charge in [0, 0.05) is 17.6 Å². The van der Waals surface area contributed by atoms with Crippen LogP contribution in [0, 0.1) is 0 Å². The molecule has 1 fully saturated rings. The Hall–Kier alpha value is -0.770. The molecule has 0 aliphatic carbocycles. The van der Waals surface area contributed by atoms with Crippen molar-refractivity contribution in [1.82, 2.24) is 14.5 Å². The quantitative estimate of drug-likeness (QED) is 0.781. The van der Waals surface area contributed by atoms with Crippen molar-refractivity contribution in [3.63, 3.8) is 0 Å². The molecule has 1 aromatic heterocycles.